The summed E-state index contributed by atoms with van der Waals surface area (Å²) >= 11 is 0. The molecule has 2 atom stereocenters. The highest BCUT2D eigenvalue weighted by molar-refractivity contribution is 5.97. The number of phenolic OH excluding ortho intramolecular Hbond substituents is 1. The van der Waals surface area contributed by atoms with Gasteiger partial charge in [-0.15, -0.1) is 0 Å². The maximum atomic E-state index is 11.3. The molecule has 1 aliphatic rings. The monoisotopic (exact) mass is 262 g/mol. The van der Waals surface area contributed by atoms with Gasteiger partial charge in [-0.1, -0.05) is 0 Å². The summed E-state index contributed by atoms with van der Waals surface area (Å²) in [6.45, 7) is 7.73. The van der Waals surface area contributed by atoms with Crippen LogP contribution in [-0.4, -0.2) is 48.0 Å². The van der Waals surface area contributed by atoms with Gasteiger partial charge in [0.05, 0.1) is 5.56 Å². The van der Waals surface area contributed by atoms with E-state index in [1.165, 1.54) is 6.92 Å². The smallest absolute Gasteiger partial charge is 0.163 e. The van der Waals surface area contributed by atoms with Crippen molar-refractivity contribution in [1.82, 2.24) is 4.90 Å². The number of aromatic hydroxyl groups is 1. The fourth-order valence-electron chi connectivity index (χ4n) is 2.63. The van der Waals surface area contributed by atoms with Crippen LogP contribution in [0.2, 0.25) is 0 Å². The summed E-state index contributed by atoms with van der Waals surface area (Å²) in [5, 5.41) is 9.92. The summed E-state index contributed by atoms with van der Waals surface area (Å²) in [7, 11) is 2.14. The lowest BCUT2D eigenvalue weighted by Crippen LogP contribution is -2.55. The lowest BCUT2D eigenvalue weighted by atomic mass is 10.1. The van der Waals surface area contributed by atoms with E-state index in [4.69, 9.17) is 0 Å². The number of likely N-dealkylation sites (N-methyl/N-ethyl adjacent to an activating group) is 1. The van der Waals surface area contributed by atoms with E-state index in [0.717, 1.165) is 18.8 Å². The van der Waals surface area contributed by atoms with Gasteiger partial charge in [0.2, 0.25) is 0 Å². The van der Waals surface area contributed by atoms with Crippen molar-refractivity contribution in [2.75, 3.05) is 25.0 Å². The Morgan fingerprint density at radius 1 is 1.26 bits per heavy atom. The molecule has 2 unspecified atom stereocenters. The predicted molar refractivity (Wildman–Crippen MR) is 77.0 cm³/mol. The molecule has 0 saturated carbocycles. The number of hydrogen-bond acceptors (Lipinski definition) is 4. The lowest BCUT2D eigenvalue weighted by molar-refractivity contribution is 0.101. The van der Waals surface area contributed by atoms with Crippen molar-refractivity contribution in [1.29, 1.82) is 0 Å². The number of carbonyl (C=O) groups is 1. The number of anilines is 1. The van der Waals surface area contributed by atoms with E-state index in [9.17, 15) is 9.90 Å². The molecule has 0 radical (unpaired) electrons. The molecular weight excluding hydrogens is 240 g/mol. The molecule has 0 aliphatic carbocycles. The maximum Gasteiger partial charge on any atom is 0.163 e. The molecule has 0 bridgehead atoms. The number of nitrogens with zero attached hydrogens (tertiary/aromatic N) is 2. The number of carbonyl (C=O) groups excluding carboxylic acids is 1. The molecule has 1 fully saturated rings. The highest BCUT2D eigenvalue weighted by Gasteiger charge is 2.26. The number of rotatable bonds is 2. The summed E-state index contributed by atoms with van der Waals surface area (Å²) < 4.78 is 0. The van der Waals surface area contributed by atoms with E-state index in [2.05, 4.69) is 30.7 Å². The van der Waals surface area contributed by atoms with Gasteiger partial charge in [-0.2, -0.15) is 0 Å². The summed E-state index contributed by atoms with van der Waals surface area (Å²) in [6.07, 6.45) is 0. The largest absolute Gasteiger partial charge is 0.507 e. The average molecular weight is 262 g/mol. The minimum Gasteiger partial charge on any atom is -0.507 e. The van der Waals surface area contributed by atoms with E-state index in [-0.39, 0.29) is 11.5 Å². The Morgan fingerprint density at radius 3 is 2.32 bits per heavy atom. The second-order valence-corrected chi connectivity index (χ2v) is 5.53. The molecule has 4 heteroatoms. The van der Waals surface area contributed by atoms with Gasteiger partial charge in [-0.25, -0.2) is 0 Å². The highest BCUT2D eigenvalue weighted by Crippen LogP contribution is 2.27. The molecule has 1 N–H and O–H groups in total. The van der Waals surface area contributed by atoms with Crippen LogP contribution in [-0.2, 0) is 0 Å². The van der Waals surface area contributed by atoms with Crippen LogP contribution in [0.15, 0.2) is 18.2 Å². The van der Waals surface area contributed by atoms with Crippen LogP contribution in [0.25, 0.3) is 0 Å². The van der Waals surface area contributed by atoms with Crippen molar-refractivity contribution in [3.8, 4) is 5.75 Å². The number of hydrogen-bond donors (Lipinski definition) is 1. The number of piperazine rings is 1. The second kappa shape index (κ2) is 5.21. The third-order valence-electron chi connectivity index (χ3n) is 4.09. The highest BCUT2D eigenvalue weighted by atomic mass is 16.3. The molecule has 0 spiro atoms. The zero-order valence-electron chi connectivity index (χ0n) is 12.1. The van der Waals surface area contributed by atoms with Gasteiger partial charge in [-0.3, -0.25) is 9.69 Å². The Kier molecular flexibility index (Phi) is 3.80. The molecule has 2 rings (SSSR count). The van der Waals surface area contributed by atoms with Crippen LogP contribution in [0.3, 0.4) is 0 Å². The first-order valence-electron chi connectivity index (χ1n) is 6.71. The molecule has 0 amide bonds. The van der Waals surface area contributed by atoms with E-state index in [1.54, 1.807) is 12.1 Å². The van der Waals surface area contributed by atoms with Crippen LogP contribution in [0.1, 0.15) is 31.1 Å². The topological polar surface area (TPSA) is 43.8 Å². The van der Waals surface area contributed by atoms with E-state index >= 15 is 0 Å². The van der Waals surface area contributed by atoms with Crippen LogP contribution >= 0.6 is 0 Å². The van der Waals surface area contributed by atoms with Gasteiger partial charge in [-0.05, 0) is 40.0 Å². The molecule has 19 heavy (non-hydrogen) atoms. The summed E-state index contributed by atoms with van der Waals surface area (Å²) in [6, 6.07) is 6.26. The second-order valence-electron chi connectivity index (χ2n) is 5.53. The minimum atomic E-state index is -0.107. The first-order chi connectivity index (χ1) is 8.90. The van der Waals surface area contributed by atoms with Gasteiger partial charge in [0, 0.05) is 36.9 Å². The third-order valence-corrected chi connectivity index (χ3v) is 4.09. The van der Waals surface area contributed by atoms with E-state index in [1.807, 2.05) is 6.07 Å². The molecular formula is C15H22N2O2. The SMILES string of the molecule is CC(=O)c1ccc(N2CC(C)N(C)C(C)C2)cc1O. The Balaban J connectivity index is 2.23. The van der Waals surface area contributed by atoms with Gasteiger partial charge >= 0.3 is 0 Å². The van der Waals surface area contributed by atoms with Crippen molar-refractivity contribution in [3.05, 3.63) is 23.8 Å². The molecule has 1 aliphatic heterocycles. The number of Topliss-reactive ketones (excluding diaryl/α,β-unsaturated/α-hetero) is 1. The van der Waals surface area contributed by atoms with Crippen molar-refractivity contribution < 1.29 is 9.90 Å². The molecule has 1 aromatic carbocycles. The van der Waals surface area contributed by atoms with Gasteiger partial charge < -0.3 is 10.0 Å². The molecule has 1 saturated heterocycles. The summed E-state index contributed by atoms with van der Waals surface area (Å²) in [5.74, 6) is -0.0339. The maximum absolute atomic E-state index is 11.3. The quantitative estimate of drug-likeness (QED) is 0.829. The number of phenols is 1. The Labute approximate surface area is 114 Å². The predicted octanol–water partition coefficient (Wildman–Crippen LogP) is 2.12. The lowest BCUT2D eigenvalue weighted by Gasteiger charge is -2.43. The molecule has 104 valence electrons. The first kappa shape index (κ1) is 13.9. The number of benzene rings is 1. The van der Waals surface area contributed by atoms with Crippen LogP contribution < -0.4 is 4.90 Å². The summed E-state index contributed by atoms with van der Waals surface area (Å²) in [4.78, 5) is 15.9. The fraction of sp³-hybridized carbons (Fsp3) is 0.533. The molecule has 4 nitrogen and oxygen atoms in total. The third kappa shape index (κ3) is 2.73. The molecule has 0 aromatic heterocycles. The van der Waals surface area contributed by atoms with Crippen molar-refractivity contribution in [2.45, 2.75) is 32.9 Å². The minimum absolute atomic E-state index is 0.0734. The Bertz CT molecular complexity index is 475. The zero-order valence-corrected chi connectivity index (χ0v) is 12.1. The first-order valence-corrected chi connectivity index (χ1v) is 6.71. The van der Waals surface area contributed by atoms with Crippen molar-refractivity contribution >= 4 is 11.5 Å². The number of ketones is 1. The van der Waals surface area contributed by atoms with Crippen LogP contribution in [0, 0.1) is 0 Å². The average Bonchev–Trinajstić information content (AvgIpc) is 2.34. The van der Waals surface area contributed by atoms with E-state index in [0.29, 0.717) is 17.6 Å². The van der Waals surface area contributed by atoms with Crippen molar-refractivity contribution in [2.24, 2.45) is 0 Å². The Hall–Kier alpha value is -1.55. The normalized spacial score (nSPS) is 24.5. The molecule has 1 heterocycles. The van der Waals surface area contributed by atoms with Crippen LogP contribution in [0.5, 0.6) is 5.75 Å². The fourth-order valence-corrected chi connectivity index (χ4v) is 2.63. The standard InChI is InChI=1S/C15H22N2O2/c1-10-8-17(9-11(2)16(10)4)13-5-6-14(12(3)18)15(19)7-13/h5-7,10-11,19H,8-9H2,1-4H3. The zero-order chi connectivity index (χ0) is 14.2. The molecule has 1 aromatic rings. The van der Waals surface area contributed by atoms with Gasteiger partial charge in [0.1, 0.15) is 5.75 Å². The van der Waals surface area contributed by atoms with Crippen molar-refractivity contribution in [3.63, 3.8) is 0 Å². The van der Waals surface area contributed by atoms with Crippen LogP contribution in [0.4, 0.5) is 5.69 Å². The Morgan fingerprint density at radius 2 is 1.84 bits per heavy atom. The summed E-state index contributed by atoms with van der Waals surface area (Å²) in [5.41, 5.74) is 1.37. The van der Waals surface area contributed by atoms with Gasteiger partial charge in [0.25, 0.3) is 0 Å². The van der Waals surface area contributed by atoms with E-state index < -0.39 is 0 Å². The van der Waals surface area contributed by atoms with Gasteiger partial charge in [0.15, 0.2) is 5.78 Å².